The molecule has 1 aromatic rings. The van der Waals surface area contributed by atoms with Gasteiger partial charge in [0.15, 0.2) is 0 Å². The van der Waals surface area contributed by atoms with E-state index in [1.807, 2.05) is 0 Å². The number of nitrogens with one attached hydrogen (secondary N) is 1. The van der Waals surface area contributed by atoms with Gasteiger partial charge in [0.25, 0.3) is 0 Å². The first-order chi connectivity index (χ1) is 12.9. The van der Waals surface area contributed by atoms with Crippen LogP contribution in [0.5, 0.6) is 0 Å². The molecule has 2 aliphatic rings. The number of nitrogens with zero attached hydrogens (tertiary/aromatic N) is 3. The minimum Gasteiger partial charge on any atom is -0.342 e. The zero-order valence-electron chi connectivity index (χ0n) is 15.5. The first-order valence-corrected chi connectivity index (χ1v) is 9.30. The number of urea groups is 1. The fourth-order valence-corrected chi connectivity index (χ4v) is 3.59. The van der Waals surface area contributed by atoms with Crippen molar-refractivity contribution in [3.63, 3.8) is 0 Å². The summed E-state index contributed by atoms with van der Waals surface area (Å²) in [6.45, 7) is 4.59. The Balaban J connectivity index is 1.49. The Morgan fingerprint density at radius 2 is 1.59 bits per heavy atom. The van der Waals surface area contributed by atoms with Crippen LogP contribution in [0, 0.1) is 11.7 Å². The number of hydrogen-bond acceptors (Lipinski definition) is 3. The van der Waals surface area contributed by atoms with E-state index in [9.17, 15) is 18.8 Å². The van der Waals surface area contributed by atoms with Crippen molar-refractivity contribution in [2.45, 2.75) is 19.8 Å². The third kappa shape index (κ3) is 4.75. The molecule has 1 N–H and O–H groups in total. The van der Waals surface area contributed by atoms with E-state index >= 15 is 0 Å². The number of carbonyl (C=O) groups is 3. The topological polar surface area (TPSA) is 73.0 Å². The molecule has 27 heavy (non-hydrogen) atoms. The van der Waals surface area contributed by atoms with Gasteiger partial charge in [0.2, 0.25) is 11.8 Å². The SMILES string of the molecule is CC(=O)N1CCCC(C(=O)N2CCN(C(=O)Nc3ccc(F)cc3)CC2)C1. The number of anilines is 1. The standard InChI is InChI=1S/C19H25FN4O3/c1-14(25)24-8-2-3-15(13-24)18(26)22-9-11-23(12-10-22)19(27)21-17-6-4-16(20)5-7-17/h4-7,15H,2-3,8-13H2,1H3,(H,21,27). The Labute approximate surface area is 158 Å². The van der Waals surface area contributed by atoms with Crippen molar-refractivity contribution in [2.75, 3.05) is 44.6 Å². The van der Waals surface area contributed by atoms with Crippen molar-refractivity contribution in [3.8, 4) is 0 Å². The molecule has 146 valence electrons. The van der Waals surface area contributed by atoms with Crippen LogP contribution < -0.4 is 5.32 Å². The molecule has 2 fully saturated rings. The van der Waals surface area contributed by atoms with Gasteiger partial charge in [0.05, 0.1) is 5.92 Å². The summed E-state index contributed by atoms with van der Waals surface area (Å²) in [6.07, 6.45) is 1.64. The highest BCUT2D eigenvalue weighted by Crippen LogP contribution is 2.20. The predicted molar refractivity (Wildman–Crippen MR) is 98.5 cm³/mol. The lowest BCUT2D eigenvalue weighted by Crippen LogP contribution is -2.54. The largest absolute Gasteiger partial charge is 0.342 e. The van der Waals surface area contributed by atoms with Gasteiger partial charge in [-0.25, -0.2) is 9.18 Å². The molecular weight excluding hydrogens is 351 g/mol. The van der Waals surface area contributed by atoms with Crippen molar-refractivity contribution >= 4 is 23.5 Å². The monoisotopic (exact) mass is 376 g/mol. The van der Waals surface area contributed by atoms with E-state index in [1.54, 1.807) is 14.7 Å². The minimum atomic E-state index is -0.355. The molecule has 4 amide bonds. The van der Waals surface area contributed by atoms with Gasteiger partial charge in [-0.15, -0.1) is 0 Å². The summed E-state index contributed by atoms with van der Waals surface area (Å²) in [5.74, 6) is -0.428. The second kappa shape index (κ2) is 8.37. The number of likely N-dealkylation sites (tertiary alicyclic amines) is 1. The summed E-state index contributed by atoms with van der Waals surface area (Å²) in [6, 6.07) is 5.35. The molecule has 0 aromatic heterocycles. The summed E-state index contributed by atoms with van der Waals surface area (Å²) in [5, 5.41) is 2.74. The van der Waals surface area contributed by atoms with E-state index in [0.29, 0.717) is 38.4 Å². The highest BCUT2D eigenvalue weighted by molar-refractivity contribution is 5.89. The summed E-state index contributed by atoms with van der Waals surface area (Å²) in [4.78, 5) is 41.8. The fraction of sp³-hybridized carbons (Fsp3) is 0.526. The number of hydrogen-bond donors (Lipinski definition) is 1. The number of amides is 4. The van der Waals surface area contributed by atoms with Crippen molar-refractivity contribution in [1.29, 1.82) is 0 Å². The number of rotatable bonds is 2. The zero-order valence-corrected chi connectivity index (χ0v) is 15.5. The molecule has 2 saturated heterocycles. The molecular formula is C19H25FN4O3. The van der Waals surface area contributed by atoms with Gasteiger partial charge < -0.3 is 20.0 Å². The lowest BCUT2D eigenvalue weighted by molar-refractivity contribution is -0.141. The second-order valence-corrected chi connectivity index (χ2v) is 7.05. The fourth-order valence-electron chi connectivity index (χ4n) is 3.59. The van der Waals surface area contributed by atoms with E-state index in [-0.39, 0.29) is 29.6 Å². The van der Waals surface area contributed by atoms with Crippen LogP contribution in [0.4, 0.5) is 14.9 Å². The maximum absolute atomic E-state index is 12.9. The number of carbonyl (C=O) groups excluding carboxylic acids is 3. The molecule has 0 saturated carbocycles. The highest BCUT2D eigenvalue weighted by atomic mass is 19.1. The van der Waals surface area contributed by atoms with E-state index in [4.69, 9.17) is 0 Å². The Bertz CT molecular complexity index is 701. The number of halogens is 1. The van der Waals surface area contributed by atoms with Gasteiger partial charge in [0, 0.05) is 51.9 Å². The van der Waals surface area contributed by atoms with Crippen LogP contribution in [0.2, 0.25) is 0 Å². The summed E-state index contributed by atoms with van der Waals surface area (Å²) in [7, 11) is 0. The van der Waals surface area contributed by atoms with Crippen LogP contribution >= 0.6 is 0 Å². The van der Waals surface area contributed by atoms with E-state index in [1.165, 1.54) is 31.2 Å². The van der Waals surface area contributed by atoms with Gasteiger partial charge in [-0.1, -0.05) is 0 Å². The van der Waals surface area contributed by atoms with Crippen LogP contribution in [-0.4, -0.2) is 71.8 Å². The smallest absolute Gasteiger partial charge is 0.321 e. The number of benzene rings is 1. The van der Waals surface area contributed by atoms with E-state index < -0.39 is 0 Å². The Kier molecular flexibility index (Phi) is 5.93. The molecule has 0 bridgehead atoms. The normalized spacial score (nSPS) is 20.4. The summed E-state index contributed by atoms with van der Waals surface area (Å²) < 4.78 is 12.9. The maximum atomic E-state index is 12.9. The molecule has 2 heterocycles. The highest BCUT2D eigenvalue weighted by Gasteiger charge is 2.32. The van der Waals surface area contributed by atoms with Crippen molar-refractivity contribution in [1.82, 2.24) is 14.7 Å². The summed E-state index contributed by atoms with van der Waals surface area (Å²) >= 11 is 0. The van der Waals surface area contributed by atoms with Gasteiger partial charge in [-0.05, 0) is 37.1 Å². The van der Waals surface area contributed by atoms with Crippen molar-refractivity contribution in [3.05, 3.63) is 30.1 Å². The lowest BCUT2D eigenvalue weighted by Gasteiger charge is -2.38. The van der Waals surface area contributed by atoms with Crippen LogP contribution in [0.25, 0.3) is 0 Å². The second-order valence-electron chi connectivity index (χ2n) is 7.05. The molecule has 0 aliphatic carbocycles. The molecule has 1 aromatic carbocycles. The third-order valence-corrected chi connectivity index (χ3v) is 5.19. The molecule has 8 heteroatoms. The summed E-state index contributed by atoms with van der Waals surface area (Å²) in [5.41, 5.74) is 0.534. The van der Waals surface area contributed by atoms with E-state index in [0.717, 1.165) is 19.4 Å². The van der Waals surface area contributed by atoms with Crippen LogP contribution in [0.1, 0.15) is 19.8 Å². The van der Waals surface area contributed by atoms with Gasteiger partial charge in [-0.2, -0.15) is 0 Å². The average molecular weight is 376 g/mol. The molecule has 0 spiro atoms. The van der Waals surface area contributed by atoms with Gasteiger partial charge in [0.1, 0.15) is 5.82 Å². The third-order valence-electron chi connectivity index (χ3n) is 5.19. The van der Waals surface area contributed by atoms with Crippen molar-refractivity contribution < 1.29 is 18.8 Å². The quantitative estimate of drug-likeness (QED) is 0.855. The number of piperidine rings is 1. The molecule has 0 radical (unpaired) electrons. The molecule has 1 atom stereocenters. The Morgan fingerprint density at radius 1 is 0.963 bits per heavy atom. The van der Waals surface area contributed by atoms with Gasteiger partial charge >= 0.3 is 6.03 Å². The maximum Gasteiger partial charge on any atom is 0.321 e. The van der Waals surface area contributed by atoms with Crippen LogP contribution in [-0.2, 0) is 9.59 Å². The first kappa shape index (κ1) is 19.1. The molecule has 7 nitrogen and oxygen atoms in total. The number of piperazine rings is 1. The first-order valence-electron chi connectivity index (χ1n) is 9.30. The predicted octanol–water partition coefficient (Wildman–Crippen LogP) is 1.76. The van der Waals surface area contributed by atoms with Crippen molar-refractivity contribution in [2.24, 2.45) is 5.92 Å². The van der Waals surface area contributed by atoms with E-state index in [2.05, 4.69) is 5.32 Å². The molecule has 3 rings (SSSR count). The average Bonchev–Trinajstić information content (AvgIpc) is 2.69. The van der Waals surface area contributed by atoms with Crippen LogP contribution in [0.3, 0.4) is 0 Å². The van der Waals surface area contributed by atoms with Crippen LogP contribution in [0.15, 0.2) is 24.3 Å². The Hall–Kier alpha value is -2.64. The molecule has 1 unspecified atom stereocenters. The minimum absolute atomic E-state index is 0.00906. The Morgan fingerprint density at radius 3 is 2.22 bits per heavy atom. The molecule has 2 aliphatic heterocycles. The van der Waals surface area contributed by atoms with Gasteiger partial charge in [-0.3, -0.25) is 9.59 Å². The zero-order chi connectivity index (χ0) is 19.4. The lowest BCUT2D eigenvalue weighted by atomic mass is 9.96.